The topological polar surface area (TPSA) is 68.6 Å². The molecular weight excluding hydrogens is 371 g/mol. The zero-order chi connectivity index (χ0) is 19.8. The maximum absolute atomic E-state index is 13.4. The van der Waals surface area contributed by atoms with Gasteiger partial charge in [-0.15, -0.1) is 0 Å². The van der Waals surface area contributed by atoms with Crippen LogP contribution in [-0.2, 0) is 17.1 Å². The molecule has 1 aliphatic rings. The van der Waals surface area contributed by atoms with Gasteiger partial charge in [-0.2, -0.15) is 4.31 Å². The molecule has 1 aromatic heterocycles. The van der Waals surface area contributed by atoms with Crippen LogP contribution in [0, 0.1) is 19.7 Å². The lowest BCUT2D eigenvalue weighted by molar-refractivity contribution is 0.134. The Hall–Kier alpha value is -2.19. The lowest BCUT2D eigenvalue weighted by atomic mass is 10.1. The van der Waals surface area contributed by atoms with E-state index in [0.717, 1.165) is 5.69 Å². The molecule has 0 unspecified atom stereocenters. The van der Waals surface area contributed by atoms with Crippen molar-refractivity contribution in [1.82, 2.24) is 8.87 Å². The van der Waals surface area contributed by atoms with Crippen LogP contribution < -0.4 is 10.3 Å². The Morgan fingerprint density at radius 3 is 2.37 bits per heavy atom. The molecule has 0 amide bonds. The van der Waals surface area contributed by atoms with Crippen LogP contribution in [0.4, 0.5) is 4.39 Å². The van der Waals surface area contributed by atoms with E-state index >= 15 is 0 Å². The highest BCUT2D eigenvalue weighted by atomic mass is 32.2. The number of ether oxygens (including phenoxy) is 1. The average Bonchev–Trinajstić information content (AvgIpc) is 2.62. The van der Waals surface area contributed by atoms with Gasteiger partial charge in [0.2, 0.25) is 10.0 Å². The number of aryl methyl sites for hydroxylation is 2. The van der Waals surface area contributed by atoms with E-state index < -0.39 is 15.8 Å². The molecule has 2 heterocycles. The standard InChI is InChI=1S/C19H23FN2O4S/c1-13-10-17(4-5-18(13)20)27(24,25)22-8-6-15(7-9-22)26-16-11-14(2)21(3)19(23)12-16/h4-5,10-12,15H,6-9H2,1-3H3. The van der Waals surface area contributed by atoms with E-state index in [0.29, 0.717) is 37.2 Å². The summed E-state index contributed by atoms with van der Waals surface area (Å²) in [5, 5.41) is 0. The largest absolute Gasteiger partial charge is 0.490 e. The quantitative estimate of drug-likeness (QED) is 0.798. The predicted molar refractivity (Wildman–Crippen MR) is 100.0 cm³/mol. The Labute approximate surface area is 158 Å². The van der Waals surface area contributed by atoms with Crippen molar-refractivity contribution in [1.29, 1.82) is 0 Å². The van der Waals surface area contributed by atoms with Crippen molar-refractivity contribution < 1.29 is 17.5 Å². The number of piperidine rings is 1. The summed E-state index contributed by atoms with van der Waals surface area (Å²) in [6, 6.07) is 7.07. The van der Waals surface area contributed by atoms with E-state index in [-0.39, 0.29) is 16.6 Å². The Bertz CT molecular complexity index is 1010. The first-order valence-electron chi connectivity index (χ1n) is 8.79. The molecule has 0 radical (unpaired) electrons. The third kappa shape index (κ3) is 4.06. The van der Waals surface area contributed by atoms with E-state index in [2.05, 4.69) is 0 Å². The summed E-state index contributed by atoms with van der Waals surface area (Å²) in [5.41, 5.74) is 0.955. The van der Waals surface area contributed by atoms with Gasteiger partial charge in [0, 0.05) is 31.9 Å². The number of pyridine rings is 1. The zero-order valence-corrected chi connectivity index (χ0v) is 16.4. The van der Waals surface area contributed by atoms with Crippen molar-refractivity contribution in [3.8, 4) is 5.75 Å². The van der Waals surface area contributed by atoms with Crippen LogP contribution in [0.1, 0.15) is 24.1 Å². The van der Waals surface area contributed by atoms with E-state index in [9.17, 15) is 17.6 Å². The third-order valence-electron chi connectivity index (χ3n) is 4.95. The smallest absolute Gasteiger partial charge is 0.254 e. The van der Waals surface area contributed by atoms with Crippen molar-refractivity contribution in [3.05, 3.63) is 57.8 Å². The van der Waals surface area contributed by atoms with Crippen LogP contribution in [0.2, 0.25) is 0 Å². The Morgan fingerprint density at radius 2 is 1.78 bits per heavy atom. The minimum Gasteiger partial charge on any atom is -0.490 e. The molecule has 1 aliphatic heterocycles. The van der Waals surface area contributed by atoms with Crippen LogP contribution in [-0.4, -0.2) is 36.5 Å². The molecular formula is C19H23FN2O4S. The number of rotatable bonds is 4. The number of halogens is 1. The number of hydrogen-bond acceptors (Lipinski definition) is 4. The molecule has 8 heteroatoms. The molecule has 6 nitrogen and oxygen atoms in total. The molecule has 0 bridgehead atoms. The second-order valence-electron chi connectivity index (χ2n) is 6.86. The number of sulfonamides is 1. The maximum Gasteiger partial charge on any atom is 0.254 e. The minimum atomic E-state index is -3.66. The van der Waals surface area contributed by atoms with Crippen molar-refractivity contribution in [2.45, 2.75) is 37.7 Å². The van der Waals surface area contributed by atoms with E-state index in [1.165, 1.54) is 33.1 Å². The van der Waals surface area contributed by atoms with Crippen LogP contribution in [0.5, 0.6) is 5.75 Å². The van der Waals surface area contributed by atoms with Gasteiger partial charge in [0.25, 0.3) is 5.56 Å². The summed E-state index contributed by atoms with van der Waals surface area (Å²) in [6.07, 6.45) is 0.888. The molecule has 0 aliphatic carbocycles. The van der Waals surface area contributed by atoms with Gasteiger partial charge in [-0.1, -0.05) is 0 Å². The summed E-state index contributed by atoms with van der Waals surface area (Å²) in [5.74, 6) is 0.0800. The normalized spacial score (nSPS) is 16.4. The number of nitrogens with zero attached hydrogens (tertiary/aromatic N) is 2. The molecule has 3 rings (SSSR count). The first-order chi connectivity index (χ1) is 12.7. The molecule has 0 saturated carbocycles. The average molecular weight is 394 g/mol. The molecule has 1 fully saturated rings. The van der Waals surface area contributed by atoms with E-state index in [1.54, 1.807) is 20.0 Å². The fraction of sp³-hybridized carbons (Fsp3) is 0.421. The van der Waals surface area contributed by atoms with Gasteiger partial charge in [-0.05, 0) is 56.5 Å². The molecule has 0 spiro atoms. The van der Waals surface area contributed by atoms with E-state index in [1.807, 2.05) is 6.92 Å². The highest BCUT2D eigenvalue weighted by Gasteiger charge is 2.30. The summed E-state index contributed by atoms with van der Waals surface area (Å²) < 4.78 is 47.8. The van der Waals surface area contributed by atoms with Crippen molar-refractivity contribution in [2.24, 2.45) is 7.05 Å². The van der Waals surface area contributed by atoms with Crippen molar-refractivity contribution >= 4 is 10.0 Å². The van der Waals surface area contributed by atoms with Gasteiger partial charge in [-0.3, -0.25) is 4.79 Å². The van der Waals surface area contributed by atoms with Gasteiger partial charge in [0.15, 0.2) is 0 Å². The van der Waals surface area contributed by atoms with Gasteiger partial charge in [-0.25, -0.2) is 12.8 Å². The van der Waals surface area contributed by atoms with Crippen molar-refractivity contribution in [3.63, 3.8) is 0 Å². The fourth-order valence-electron chi connectivity index (χ4n) is 3.11. The highest BCUT2D eigenvalue weighted by molar-refractivity contribution is 7.89. The second-order valence-corrected chi connectivity index (χ2v) is 8.80. The Kier molecular flexibility index (Phi) is 5.39. The van der Waals surface area contributed by atoms with Crippen LogP contribution >= 0.6 is 0 Å². The molecule has 0 atom stereocenters. The van der Waals surface area contributed by atoms with Gasteiger partial charge < -0.3 is 9.30 Å². The Balaban J connectivity index is 1.68. The Morgan fingerprint density at radius 1 is 1.11 bits per heavy atom. The summed E-state index contributed by atoms with van der Waals surface area (Å²) in [6.45, 7) is 4.00. The third-order valence-corrected chi connectivity index (χ3v) is 6.84. The summed E-state index contributed by atoms with van der Waals surface area (Å²) in [4.78, 5) is 12.0. The molecule has 27 heavy (non-hydrogen) atoms. The monoisotopic (exact) mass is 394 g/mol. The van der Waals surface area contributed by atoms with Crippen LogP contribution in [0.15, 0.2) is 40.0 Å². The molecule has 1 aromatic carbocycles. The molecule has 146 valence electrons. The highest BCUT2D eigenvalue weighted by Crippen LogP contribution is 2.24. The minimum absolute atomic E-state index is 0.1000. The van der Waals surface area contributed by atoms with Gasteiger partial charge in [0.1, 0.15) is 17.7 Å². The van der Waals surface area contributed by atoms with Crippen LogP contribution in [0.25, 0.3) is 0 Å². The fourth-order valence-corrected chi connectivity index (χ4v) is 4.67. The molecule has 1 saturated heterocycles. The second kappa shape index (κ2) is 7.44. The summed E-state index contributed by atoms with van der Waals surface area (Å²) >= 11 is 0. The first-order valence-corrected chi connectivity index (χ1v) is 10.2. The maximum atomic E-state index is 13.4. The predicted octanol–water partition coefficient (Wildman–Crippen LogP) is 2.37. The lowest BCUT2D eigenvalue weighted by Crippen LogP contribution is -2.41. The van der Waals surface area contributed by atoms with Crippen LogP contribution in [0.3, 0.4) is 0 Å². The number of benzene rings is 1. The zero-order valence-electron chi connectivity index (χ0n) is 15.6. The molecule has 2 aromatic rings. The van der Waals surface area contributed by atoms with Crippen molar-refractivity contribution in [2.75, 3.05) is 13.1 Å². The SMILES string of the molecule is Cc1cc(S(=O)(=O)N2CCC(Oc3cc(C)n(C)c(=O)c3)CC2)ccc1F. The summed E-state index contributed by atoms with van der Waals surface area (Å²) in [7, 11) is -1.96. The number of hydrogen-bond donors (Lipinski definition) is 0. The lowest BCUT2D eigenvalue weighted by Gasteiger charge is -2.31. The number of aromatic nitrogens is 1. The molecule has 0 N–H and O–H groups in total. The first kappa shape index (κ1) is 19.6. The van der Waals surface area contributed by atoms with E-state index in [4.69, 9.17) is 4.74 Å². The van der Waals surface area contributed by atoms with Gasteiger partial charge in [0.05, 0.1) is 4.90 Å². The van der Waals surface area contributed by atoms with Gasteiger partial charge >= 0.3 is 0 Å².